The largest absolute Gasteiger partial charge is 0.236 e. The standard InChI is InChI=1S/C12H6N4S2/c1-3-7-9(13-5-1)15-11(17-7)12-16-10-8(18-12)4-2-6-14-10/h1-6H. The molecule has 18 heavy (non-hydrogen) atoms. The Hall–Kier alpha value is -1.92. The van der Waals surface area contributed by atoms with Crippen LogP contribution in [0.25, 0.3) is 30.7 Å². The average Bonchev–Trinajstić information content (AvgIpc) is 3.02. The van der Waals surface area contributed by atoms with Crippen molar-refractivity contribution in [2.24, 2.45) is 0 Å². The molecule has 86 valence electrons. The highest BCUT2D eigenvalue weighted by atomic mass is 32.1. The number of thiazole rings is 2. The number of nitrogens with zero attached hydrogens (tertiary/aromatic N) is 4. The molecule has 4 rings (SSSR count). The molecule has 4 aromatic rings. The fourth-order valence-corrected chi connectivity index (χ4v) is 3.59. The number of hydrogen-bond acceptors (Lipinski definition) is 6. The van der Waals surface area contributed by atoms with Crippen LogP contribution in [0.15, 0.2) is 36.7 Å². The van der Waals surface area contributed by atoms with Crippen LogP contribution in [0.3, 0.4) is 0 Å². The minimum atomic E-state index is 0.782. The van der Waals surface area contributed by atoms with Gasteiger partial charge in [0.15, 0.2) is 21.3 Å². The molecule has 4 aromatic heterocycles. The van der Waals surface area contributed by atoms with Crippen LogP contribution in [-0.2, 0) is 0 Å². The molecule has 0 aliphatic carbocycles. The van der Waals surface area contributed by atoms with Gasteiger partial charge in [-0.15, -0.1) is 22.7 Å². The van der Waals surface area contributed by atoms with Gasteiger partial charge in [-0.25, -0.2) is 19.9 Å². The molecule has 0 radical (unpaired) electrons. The number of hydrogen-bond donors (Lipinski definition) is 0. The lowest BCUT2D eigenvalue weighted by Gasteiger charge is -1.82. The van der Waals surface area contributed by atoms with Gasteiger partial charge in [-0.2, -0.15) is 0 Å². The first-order valence-electron chi connectivity index (χ1n) is 5.34. The fraction of sp³-hybridized carbons (Fsp3) is 0. The van der Waals surface area contributed by atoms with E-state index in [0.29, 0.717) is 0 Å². The third-order valence-corrected chi connectivity index (χ3v) is 4.68. The van der Waals surface area contributed by atoms with E-state index in [1.165, 1.54) is 0 Å². The zero-order chi connectivity index (χ0) is 11.9. The molecule has 0 saturated carbocycles. The number of aromatic nitrogens is 4. The van der Waals surface area contributed by atoms with Gasteiger partial charge < -0.3 is 0 Å². The molecule has 0 atom stereocenters. The summed E-state index contributed by atoms with van der Waals surface area (Å²) < 4.78 is 2.17. The molecular weight excluding hydrogens is 264 g/mol. The van der Waals surface area contributed by atoms with Gasteiger partial charge >= 0.3 is 0 Å². The molecule has 0 unspecified atom stereocenters. The van der Waals surface area contributed by atoms with E-state index in [4.69, 9.17) is 0 Å². The molecule has 0 aliphatic rings. The van der Waals surface area contributed by atoms with Gasteiger partial charge in [0.25, 0.3) is 0 Å². The number of pyridine rings is 2. The highest BCUT2D eigenvalue weighted by molar-refractivity contribution is 7.27. The Kier molecular flexibility index (Phi) is 2.12. The SMILES string of the molecule is c1cnc2nc(-c3nc4ncccc4s3)sc2c1. The molecule has 0 fully saturated rings. The van der Waals surface area contributed by atoms with Crippen molar-refractivity contribution in [3.63, 3.8) is 0 Å². The smallest absolute Gasteiger partial charge is 0.171 e. The minimum Gasteiger partial charge on any atom is -0.236 e. The Labute approximate surface area is 110 Å². The quantitative estimate of drug-likeness (QED) is 0.532. The summed E-state index contributed by atoms with van der Waals surface area (Å²) >= 11 is 3.22. The third-order valence-electron chi connectivity index (χ3n) is 2.51. The molecule has 0 bridgehead atoms. The lowest BCUT2D eigenvalue weighted by atomic mass is 10.5. The highest BCUT2D eigenvalue weighted by Crippen LogP contribution is 2.33. The lowest BCUT2D eigenvalue weighted by Crippen LogP contribution is -1.76. The van der Waals surface area contributed by atoms with Crippen molar-refractivity contribution in [3.05, 3.63) is 36.7 Å². The van der Waals surface area contributed by atoms with Crippen LogP contribution in [0.2, 0.25) is 0 Å². The van der Waals surface area contributed by atoms with Crippen LogP contribution in [0, 0.1) is 0 Å². The normalized spacial score (nSPS) is 11.3. The van der Waals surface area contributed by atoms with Crippen LogP contribution in [0.5, 0.6) is 0 Å². The van der Waals surface area contributed by atoms with Crippen molar-refractivity contribution >= 4 is 43.4 Å². The summed E-state index contributed by atoms with van der Waals surface area (Å²) in [6.07, 6.45) is 3.51. The van der Waals surface area contributed by atoms with Gasteiger partial charge in [0, 0.05) is 12.4 Å². The summed E-state index contributed by atoms with van der Waals surface area (Å²) in [5, 5.41) is 1.82. The molecule has 0 saturated heterocycles. The van der Waals surface area contributed by atoms with Gasteiger partial charge in [0.2, 0.25) is 0 Å². The van der Waals surface area contributed by atoms with Gasteiger partial charge in [-0.05, 0) is 24.3 Å². The van der Waals surface area contributed by atoms with Crippen molar-refractivity contribution in [1.82, 2.24) is 19.9 Å². The average molecular weight is 270 g/mol. The van der Waals surface area contributed by atoms with E-state index in [0.717, 1.165) is 30.7 Å². The predicted octanol–water partition coefficient (Wildman–Crippen LogP) is 3.36. The predicted molar refractivity (Wildman–Crippen MR) is 73.8 cm³/mol. The lowest BCUT2D eigenvalue weighted by molar-refractivity contribution is 1.30. The van der Waals surface area contributed by atoms with Crippen LogP contribution < -0.4 is 0 Å². The Morgan fingerprint density at radius 1 is 0.722 bits per heavy atom. The van der Waals surface area contributed by atoms with Gasteiger partial charge in [-0.3, -0.25) is 0 Å². The molecule has 4 heterocycles. The van der Waals surface area contributed by atoms with Crippen molar-refractivity contribution in [3.8, 4) is 10.0 Å². The Morgan fingerprint density at radius 3 is 1.67 bits per heavy atom. The fourth-order valence-electron chi connectivity index (χ4n) is 1.72. The van der Waals surface area contributed by atoms with Crippen LogP contribution in [0.4, 0.5) is 0 Å². The zero-order valence-electron chi connectivity index (χ0n) is 9.07. The highest BCUT2D eigenvalue weighted by Gasteiger charge is 2.11. The summed E-state index contributed by atoms with van der Waals surface area (Å²) in [4.78, 5) is 17.5. The summed E-state index contributed by atoms with van der Waals surface area (Å²) in [6, 6.07) is 7.89. The Bertz CT molecular complexity index is 711. The number of fused-ring (bicyclic) bond motifs is 2. The molecule has 0 N–H and O–H groups in total. The van der Waals surface area contributed by atoms with Crippen molar-refractivity contribution in [2.75, 3.05) is 0 Å². The van der Waals surface area contributed by atoms with E-state index >= 15 is 0 Å². The molecule has 4 nitrogen and oxygen atoms in total. The van der Waals surface area contributed by atoms with Crippen LogP contribution in [0.1, 0.15) is 0 Å². The van der Waals surface area contributed by atoms with E-state index in [-0.39, 0.29) is 0 Å². The topological polar surface area (TPSA) is 51.6 Å². The second-order valence-electron chi connectivity index (χ2n) is 3.69. The van der Waals surface area contributed by atoms with E-state index in [2.05, 4.69) is 19.9 Å². The maximum absolute atomic E-state index is 4.51. The molecule has 0 aliphatic heterocycles. The maximum Gasteiger partial charge on any atom is 0.171 e. The van der Waals surface area contributed by atoms with Gasteiger partial charge in [0.05, 0.1) is 9.40 Å². The monoisotopic (exact) mass is 270 g/mol. The van der Waals surface area contributed by atoms with Crippen molar-refractivity contribution in [1.29, 1.82) is 0 Å². The van der Waals surface area contributed by atoms with Crippen LogP contribution >= 0.6 is 22.7 Å². The number of rotatable bonds is 1. The first-order valence-corrected chi connectivity index (χ1v) is 6.97. The Morgan fingerprint density at radius 2 is 1.22 bits per heavy atom. The summed E-state index contributed by atoms with van der Waals surface area (Å²) in [5.74, 6) is 0. The first kappa shape index (κ1) is 10.0. The zero-order valence-corrected chi connectivity index (χ0v) is 10.7. The summed E-state index contributed by atoms with van der Waals surface area (Å²) in [6.45, 7) is 0. The van der Waals surface area contributed by atoms with Gasteiger partial charge in [-0.1, -0.05) is 0 Å². The van der Waals surface area contributed by atoms with E-state index in [1.807, 2.05) is 24.3 Å². The third kappa shape index (κ3) is 1.50. The van der Waals surface area contributed by atoms with Gasteiger partial charge in [0.1, 0.15) is 0 Å². The molecule has 6 heteroatoms. The van der Waals surface area contributed by atoms with Crippen molar-refractivity contribution < 1.29 is 0 Å². The molecular formula is C12H6N4S2. The van der Waals surface area contributed by atoms with Crippen molar-refractivity contribution in [2.45, 2.75) is 0 Å². The van der Waals surface area contributed by atoms with E-state index in [9.17, 15) is 0 Å². The maximum atomic E-state index is 4.51. The van der Waals surface area contributed by atoms with E-state index in [1.54, 1.807) is 35.1 Å². The first-order chi connectivity index (χ1) is 8.90. The second kappa shape index (κ2) is 3.79. The second-order valence-corrected chi connectivity index (χ2v) is 5.75. The molecule has 0 aromatic carbocycles. The van der Waals surface area contributed by atoms with E-state index < -0.39 is 0 Å². The Balaban J connectivity index is 1.95. The summed E-state index contributed by atoms with van der Waals surface area (Å²) in [7, 11) is 0. The van der Waals surface area contributed by atoms with Crippen LogP contribution in [-0.4, -0.2) is 19.9 Å². The minimum absolute atomic E-state index is 0.782. The summed E-state index contributed by atoms with van der Waals surface area (Å²) in [5.41, 5.74) is 1.56. The molecule has 0 amide bonds. The molecule has 0 spiro atoms.